The van der Waals surface area contributed by atoms with E-state index in [0.29, 0.717) is 17.9 Å². The average molecular weight is 351 g/mol. The molecule has 138 valence electrons. The highest BCUT2D eigenvalue weighted by molar-refractivity contribution is 5.63. The zero-order valence-electron chi connectivity index (χ0n) is 15.5. The Morgan fingerprint density at radius 3 is 2.58 bits per heavy atom. The second-order valence-corrected chi connectivity index (χ2v) is 7.62. The minimum atomic E-state index is 0.376. The van der Waals surface area contributed by atoms with Crippen LogP contribution in [0.1, 0.15) is 18.0 Å². The first-order valence-corrected chi connectivity index (χ1v) is 9.68. The molecule has 3 unspecified atom stereocenters. The monoisotopic (exact) mass is 351 g/mol. The summed E-state index contributed by atoms with van der Waals surface area (Å²) in [4.78, 5) is 2.61. The van der Waals surface area contributed by atoms with Gasteiger partial charge in [-0.05, 0) is 35.6 Å². The molecule has 2 saturated heterocycles. The Bertz CT molecular complexity index is 688. The molecule has 26 heavy (non-hydrogen) atoms. The van der Waals surface area contributed by atoms with E-state index < -0.39 is 0 Å². The molecule has 2 N–H and O–H groups in total. The quantitative estimate of drug-likeness (QED) is 0.839. The molecule has 0 aromatic heterocycles. The van der Waals surface area contributed by atoms with Gasteiger partial charge in [0, 0.05) is 32.7 Å². The van der Waals surface area contributed by atoms with Crippen molar-refractivity contribution in [3.63, 3.8) is 0 Å². The van der Waals surface area contributed by atoms with Gasteiger partial charge in [0.2, 0.25) is 0 Å². The van der Waals surface area contributed by atoms with Crippen molar-refractivity contribution in [2.24, 2.45) is 11.8 Å². The van der Waals surface area contributed by atoms with Gasteiger partial charge in [-0.3, -0.25) is 5.43 Å². The lowest BCUT2D eigenvalue weighted by Crippen LogP contribution is -2.32. The van der Waals surface area contributed by atoms with E-state index in [2.05, 4.69) is 70.3 Å². The van der Waals surface area contributed by atoms with Crippen LogP contribution in [-0.4, -0.2) is 44.8 Å². The Balaban J connectivity index is 1.40. The Morgan fingerprint density at radius 2 is 1.81 bits per heavy atom. The summed E-state index contributed by atoms with van der Waals surface area (Å²) in [7, 11) is 1.81. The SMILES string of the molecule is COCC1CCN(CC2CNNC2c2ccc(-c3ccccc3)cc2)C1. The molecule has 2 aromatic rings. The summed E-state index contributed by atoms with van der Waals surface area (Å²) in [5, 5.41) is 0. The van der Waals surface area contributed by atoms with E-state index in [-0.39, 0.29) is 0 Å². The largest absolute Gasteiger partial charge is 0.384 e. The third-order valence-electron chi connectivity index (χ3n) is 5.74. The van der Waals surface area contributed by atoms with Crippen LogP contribution in [0.4, 0.5) is 0 Å². The van der Waals surface area contributed by atoms with Crippen molar-refractivity contribution in [3.05, 3.63) is 60.2 Å². The molecule has 2 aromatic carbocycles. The van der Waals surface area contributed by atoms with Gasteiger partial charge in [0.1, 0.15) is 0 Å². The van der Waals surface area contributed by atoms with Gasteiger partial charge < -0.3 is 9.64 Å². The first kappa shape index (κ1) is 17.7. The van der Waals surface area contributed by atoms with E-state index in [0.717, 1.165) is 19.7 Å². The van der Waals surface area contributed by atoms with Gasteiger partial charge in [-0.25, -0.2) is 5.43 Å². The fraction of sp³-hybridized carbons (Fsp3) is 0.455. The van der Waals surface area contributed by atoms with E-state index in [4.69, 9.17) is 4.74 Å². The number of ether oxygens (including phenoxy) is 1. The number of rotatable bonds is 6. The minimum Gasteiger partial charge on any atom is -0.384 e. The molecule has 2 heterocycles. The van der Waals surface area contributed by atoms with Crippen molar-refractivity contribution in [3.8, 4) is 11.1 Å². The van der Waals surface area contributed by atoms with Gasteiger partial charge in [0.05, 0.1) is 12.6 Å². The van der Waals surface area contributed by atoms with Crippen molar-refractivity contribution in [1.29, 1.82) is 0 Å². The molecular weight excluding hydrogens is 322 g/mol. The molecule has 4 rings (SSSR count). The molecule has 2 fully saturated rings. The Hall–Kier alpha value is -1.72. The fourth-order valence-electron chi connectivity index (χ4n) is 4.36. The summed E-state index contributed by atoms with van der Waals surface area (Å²) in [6, 6.07) is 20.0. The van der Waals surface area contributed by atoms with Crippen molar-refractivity contribution in [1.82, 2.24) is 15.8 Å². The normalized spacial score (nSPS) is 26.4. The number of nitrogens with zero attached hydrogens (tertiary/aromatic N) is 1. The summed E-state index contributed by atoms with van der Waals surface area (Å²) in [5.41, 5.74) is 10.8. The molecule has 2 aliphatic rings. The maximum absolute atomic E-state index is 5.33. The van der Waals surface area contributed by atoms with E-state index >= 15 is 0 Å². The van der Waals surface area contributed by atoms with Crippen LogP contribution in [0.3, 0.4) is 0 Å². The second-order valence-electron chi connectivity index (χ2n) is 7.62. The average Bonchev–Trinajstić information content (AvgIpc) is 3.33. The van der Waals surface area contributed by atoms with Crippen LogP contribution >= 0.6 is 0 Å². The number of methoxy groups -OCH3 is 1. The lowest BCUT2D eigenvalue weighted by Gasteiger charge is -2.24. The van der Waals surface area contributed by atoms with E-state index in [1.54, 1.807) is 0 Å². The third kappa shape index (κ3) is 3.99. The van der Waals surface area contributed by atoms with Gasteiger partial charge >= 0.3 is 0 Å². The smallest absolute Gasteiger partial charge is 0.0515 e. The standard InChI is InChI=1S/C22H29N3O/c1-26-16-17-11-12-25(14-17)15-21-13-23-24-22(21)20-9-7-19(8-10-20)18-5-3-2-4-6-18/h2-10,17,21-24H,11-16H2,1H3. The molecule has 0 saturated carbocycles. The maximum atomic E-state index is 5.33. The predicted octanol–water partition coefficient (Wildman–Crippen LogP) is 3.09. The summed E-state index contributed by atoms with van der Waals surface area (Å²) in [6.07, 6.45) is 1.26. The zero-order valence-corrected chi connectivity index (χ0v) is 15.5. The van der Waals surface area contributed by atoms with Crippen LogP contribution in [0.5, 0.6) is 0 Å². The van der Waals surface area contributed by atoms with Crippen LogP contribution in [0, 0.1) is 11.8 Å². The van der Waals surface area contributed by atoms with E-state index in [1.807, 2.05) is 7.11 Å². The molecule has 0 aliphatic carbocycles. The fourth-order valence-corrected chi connectivity index (χ4v) is 4.36. The number of hydrogen-bond acceptors (Lipinski definition) is 4. The van der Waals surface area contributed by atoms with Crippen molar-refractivity contribution in [2.75, 3.05) is 39.9 Å². The number of hydrazine groups is 1. The van der Waals surface area contributed by atoms with Crippen LogP contribution in [0.2, 0.25) is 0 Å². The first-order valence-electron chi connectivity index (χ1n) is 9.68. The van der Waals surface area contributed by atoms with Crippen molar-refractivity contribution < 1.29 is 4.74 Å². The van der Waals surface area contributed by atoms with Gasteiger partial charge in [-0.1, -0.05) is 54.6 Å². The highest BCUT2D eigenvalue weighted by Gasteiger charge is 2.32. The first-order chi connectivity index (χ1) is 12.8. The molecule has 0 amide bonds. The molecular formula is C22H29N3O. The van der Waals surface area contributed by atoms with Crippen molar-refractivity contribution >= 4 is 0 Å². The summed E-state index contributed by atoms with van der Waals surface area (Å²) >= 11 is 0. The van der Waals surface area contributed by atoms with Gasteiger partial charge in [-0.2, -0.15) is 0 Å². The van der Waals surface area contributed by atoms with E-state index in [1.165, 1.54) is 36.2 Å². The highest BCUT2D eigenvalue weighted by atomic mass is 16.5. The number of benzene rings is 2. The molecule has 4 heteroatoms. The minimum absolute atomic E-state index is 0.376. The van der Waals surface area contributed by atoms with Gasteiger partial charge in [0.25, 0.3) is 0 Å². The summed E-state index contributed by atoms with van der Waals surface area (Å²) < 4.78 is 5.33. The Kier molecular flexibility index (Phi) is 5.65. The number of likely N-dealkylation sites (tertiary alicyclic amines) is 1. The topological polar surface area (TPSA) is 36.5 Å². The van der Waals surface area contributed by atoms with Crippen LogP contribution in [0.25, 0.3) is 11.1 Å². The van der Waals surface area contributed by atoms with Crippen LogP contribution < -0.4 is 10.9 Å². The lowest BCUT2D eigenvalue weighted by molar-refractivity contribution is 0.151. The Labute approximate surface area is 156 Å². The maximum Gasteiger partial charge on any atom is 0.0515 e. The van der Waals surface area contributed by atoms with Crippen LogP contribution in [0.15, 0.2) is 54.6 Å². The molecule has 0 bridgehead atoms. The third-order valence-corrected chi connectivity index (χ3v) is 5.74. The van der Waals surface area contributed by atoms with Gasteiger partial charge in [0.15, 0.2) is 0 Å². The molecule has 0 radical (unpaired) electrons. The summed E-state index contributed by atoms with van der Waals surface area (Å²) in [5.74, 6) is 1.30. The second kappa shape index (κ2) is 8.31. The Morgan fingerprint density at radius 1 is 1.04 bits per heavy atom. The molecule has 4 nitrogen and oxygen atoms in total. The molecule has 2 aliphatic heterocycles. The van der Waals surface area contributed by atoms with E-state index in [9.17, 15) is 0 Å². The van der Waals surface area contributed by atoms with Crippen molar-refractivity contribution in [2.45, 2.75) is 12.5 Å². The number of hydrogen-bond donors (Lipinski definition) is 2. The predicted molar refractivity (Wildman–Crippen MR) is 106 cm³/mol. The molecule has 3 atom stereocenters. The van der Waals surface area contributed by atoms with Gasteiger partial charge in [-0.15, -0.1) is 0 Å². The molecule has 0 spiro atoms. The van der Waals surface area contributed by atoms with Crippen LogP contribution in [-0.2, 0) is 4.74 Å². The lowest BCUT2D eigenvalue weighted by atomic mass is 9.93. The zero-order chi connectivity index (χ0) is 17.8. The number of nitrogens with one attached hydrogen (secondary N) is 2. The summed E-state index contributed by atoms with van der Waals surface area (Å²) in [6.45, 7) is 5.43. The highest BCUT2D eigenvalue weighted by Crippen LogP contribution is 2.29.